The fourth-order valence-electron chi connectivity index (χ4n) is 2.55. The van der Waals surface area contributed by atoms with E-state index < -0.39 is 53.7 Å². The fourth-order valence-corrected chi connectivity index (χ4v) is 2.55. The molecular weight excluding hydrogens is 464 g/mol. The molecule has 1 heterocycles. The van der Waals surface area contributed by atoms with E-state index in [9.17, 15) is 33.6 Å². The SMILES string of the molecule is CNC(C)(C)OC(=O)CCNC(=O)CNC(=O)CNC(=O)CNC(=O)CCCN1C(=O)C=CC1=O. The van der Waals surface area contributed by atoms with E-state index >= 15 is 0 Å². The van der Waals surface area contributed by atoms with Gasteiger partial charge in [-0.3, -0.25) is 43.8 Å². The molecule has 0 atom stereocenters. The summed E-state index contributed by atoms with van der Waals surface area (Å²) in [7, 11) is 1.64. The van der Waals surface area contributed by atoms with Crippen molar-refractivity contribution in [3.05, 3.63) is 12.2 Å². The molecule has 35 heavy (non-hydrogen) atoms. The molecule has 0 aromatic heterocycles. The van der Waals surface area contributed by atoms with Crippen LogP contribution in [0.1, 0.15) is 33.1 Å². The highest BCUT2D eigenvalue weighted by molar-refractivity contribution is 6.12. The number of hydrogen-bond acceptors (Lipinski definition) is 9. The average molecular weight is 497 g/mol. The van der Waals surface area contributed by atoms with Gasteiger partial charge >= 0.3 is 5.97 Å². The summed E-state index contributed by atoms with van der Waals surface area (Å²) >= 11 is 0. The van der Waals surface area contributed by atoms with Gasteiger partial charge in [0.1, 0.15) is 0 Å². The van der Waals surface area contributed by atoms with Crippen molar-refractivity contribution in [3.63, 3.8) is 0 Å². The maximum Gasteiger partial charge on any atom is 0.309 e. The minimum Gasteiger partial charge on any atom is -0.444 e. The predicted octanol–water partition coefficient (Wildman–Crippen LogP) is -2.95. The molecule has 14 heteroatoms. The van der Waals surface area contributed by atoms with Crippen molar-refractivity contribution in [3.8, 4) is 0 Å². The van der Waals surface area contributed by atoms with Gasteiger partial charge in [-0.15, -0.1) is 0 Å². The third-order valence-corrected chi connectivity index (χ3v) is 4.65. The number of carbonyl (C=O) groups is 7. The van der Waals surface area contributed by atoms with Gasteiger partial charge in [0, 0.05) is 31.7 Å². The summed E-state index contributed by atoms with van der Waals surface area (Å²) in [5.41, 5.74) is -0.823. The van der Waals surface area contributed by atoms with Crippen molar-refractivity contribution < 1.29 is 38.3 Å². The molecule has 0 saturated heterocycles. The molecule has 6 amide bonds. The summed E-state index contributed by atoms with van der Waals surface area (Å²) in [5.74, 6) is -3.58. The number of carbonyl (C=O) groups excluding carboxylic acids is 7. The van der Waals surface area contributed by atoms with Crippen molar-refractivity contribution >= 4 is 41.4 Å². The average Bonchev–Trinajstić information content (AvgIpc) is 3.11. The molecule has 0 radical (unpaired) electrons. The smallest absolute Gasteiger partial charge is 0.309 e. The summed E-state index contributed by atoms with van der Waals surface area (Å²) in [4.78, 5) is 82.4. The van der Waals surface area contributed by atoms with Crippen molar-refractivity contribution in [2.24, 2.45) is 0 Å². The lowest BCUT2D eigenvalue weighted by atomic mass is 10.2. The van der Waals surface area contributed by atoms with Crippen LogP contribution in [-0.2, 0) is 38.3 Å². The lowest BCUT2D eigenvalue weighted by Gasteiger charge is -2.24. The Kier molecular flexibility index (Phi) is 12.1. The van der Waals surface area contributed by atoms with Gasteiger partial charge in [-0.2, -0.15) is 0 Å². The molecule has 0 fully saturated rings. The molecule has 0 spiro atoms. The Labute approximate surface area is 202 Å². The second-order valence-corrected chi connectivity index (χ2v) is 7.93. The first-order chi connectivity index (χ1) is 16.4. The Hall–Kier alpha value is -3.81. The Morgan fingerprint density at radius 1 is 0.800 bits per heavy atom. The third-order valence-electron chi connectivity index (χ3n) is 4.65. The van der Waals surface area contributed by atoms with Crippen LogP contribution in [0.3, 0.4) is 0 Å². The zero-order valence-corrected chi connectivity index (χ0v) is 20.0. The van der Waals surface area contributed by atoms with Crippen LogP contribution >= 0.6 is 0 Å². The summed E-state index contributed by atoms with van der Waals surface area (Å²) in [6.07, 6.45) is 2.51. The van der Waals surface area contributed by atoms with Gasteiger partial charge in [0.2, 0.25) is 23.6 Å². The monoisotopic (exact) mass is 496 g/mol. The minimum absolute atomic E-state index is 0.00487. The molecular formula is C21H32N6O8. The molecule has 0 aromatic carbocycles. The lowest BCUT2D eigenvalue weighted by molar-refractivity contribution is -0.158. The first-order valence-electron chi connectivity index (χ1n) is 10.9. The number of esters is 1. The Balaban J connectivity index is 2.09. The van der Waals surface area contributed by atoms with Crippen LogP contribution in [0.4, 0.5) is 0 Å². The Morgan fingerprint density at radius 2 is 1.29 bits per heavy atom. The highest BCUT2D eigenvalue weighted by Gasteiger charge is 2.23. The number of imide groups is 1. The maximum atomic E-state index is 11.8. The van der Waals surface area contributed by atoms with Gasteiger partial charge in [-0.1, -0.05) is 0 Å². The van der Waals surface area contributed by atoms with E-state index in [-0.39, 0.29) is 45.4 Å². The van der Waals surface area contributed by atoms with Crippen LogP contribution in [-0.4, -0.2) is 91.8 Å². The maximum absolute atomic E-state index is 11.8. The van der Waals surface area contributed by atoms with E-state index in [1.807, 2.05) is 0 Å². The molecule has 1 aliphatic heterocycles. The molecule has 5 N–H and O–H groups in total. The number of rotatable bonds is 15. The number of amides is 6. The molecule has 0 bridgehead atoms. The number of hydrogen-bond donors (Lipinski definition) is 5. The van der Waals surface area contributed by atoms with E-state index in [1.165, 1.54) is 0 Å². The first-order valence-corrected chi connectivity index (χ1v) is 10.9. The molecule has 1 rings (SSSR count). The minimum atomic E-state index is -0.823. The van der Waals surface area contributed by atoms with Gasteiger partial charge in [-0.25, -0.2) is 0 Å². The van der Waals surface area contributed by atoms with E-state index in [0.29, 0.717) is 0 Å². The summed E-state index contributed by atoms with van der Waals surface area (Å²) in [6.45, 7) is 2.36. The van der Waals surface area contributed by atoms with E-state index in [1.54, 1.807) is 20.9 Å². The van der Waals surface area contributed by atoms with Crippen LogP contribution in [0.25, 0.3) is 0 Å². The van der Waals surface area contributed by atoms with Crippen molar-refractivity contribution in [1.82, 2.24) is 31.5 Å². The van der Waals surface area contributed by atoms with Crippen LogP contribution in [0.5, 0.6) is 0 Å². The van der Waals surface area contributed by atoms with Gasteiger partial charge < -0.3 is 26.0 Å². The Morgan fingerprint density at radius 3 is 1.80 bits per heavy atom. The van der Waals surface area contributed by atoms with Crippen molar-refractivity contribution in [1.29, 1.82) is 0 Å². The summed E-state index contributed by atoms with van der Waals surface area (Å²) in [5, 5.41) is 12.2. The topological polar surface area (TPSA) is 192 Å². The second-order valence-electron chi connectivity index (χ2n) is 7.93. The van der Waals surface area contributed by atoms with Crippen LogP contribution in [0, 0.1) is 0 Å². The predicted molar refractivity (Wildman–Crippen MR) is 121 cm³/mol. The molecule has 194 valence electrons. The molecule has 0 aliphatic carbocycles. The van der Waals surface area contributed by atoms with Crippen LogP contribution in [0.15, 0.2) is 12.2 Å². The van der Waals surface area contributed by atoms with Gasteiger partial charge in [0.15, 0.2) is 5.72 Å². The van der Waals surface area contributed by atoms with Crippen molar-refractivity contribution in [2.75, 3.05) is 39.8 Å². The van der Waals surface area contributed by atoms with Crippen LogP contribution < -0.4 is 26.6 Å². The molecule has 0 saturated carbocycles. The van der Waals surface area contributed by atoms with Crippen LogP contribution in [0.2, 0.25) is 0 Å². The molecule has 1 aliphatic rings. The van der Waals surface area contributed by atoms with Crippen molar-refractivity contribution in [2.45, 2.75) is 38.8 Å². The number of nitrogens with one attached hydrogen (secondary N) is 5. The fraction of sp³-hybridized carbons (Fsp3) is 0.571. The summed E-state index contributed by atoms with van der Waals surface area (Å²) < 4.78 is 5.14. The zero-order chi connectivity index (χ0) is 26.4. The van der Waals surface area contributed by atoms with E-state index in [2.05, 4.69) is 26.6 Å². The highest BCUT2D eigenvalue weighted by atomic mass is 16.6. The molecule has 14 nitrogen and oxygen atoms in total. The zero-order valence-electron chi connectivity index (χ0n) is 20.0. The highest BCUT2D eigenvalue weighted by Crippen LogP contribution is 2.05. The molecule has 0 aromatic rings. The Bertz CT molecular complexity index is 852. The quantitative estimate of drug-likeness (QED) is 0.0895. The van der Waals surface area contributed by atoms with E-state index in [4.69, 9.17) is 4.74 Å². The standard InChI is InChI=1S/C21H32N6O8/c1-21(2,22-3)35-20(34)8-9-23-15(29)11-25-17(31)13-26-16(30)12-24-14(28)5-4-10-27-18(32)6-7-19(27)33/h6-7,22H,4-5,8-13H2,1-3H3,(H,23,29)(H,24,28)(H,25,31)(H,26,30). The van der Waals surface area contributed by atoms with Gasteiger partial charge in [-0.05, 0) is 27.3 Å². The van der Waals surface area contributed by atoms with Gasteiger partial charge in [0.05, 0.1) is 26.1 Å². The largest absolute Gasteiger partial charge is 0.444 e. The number of ether oxygens (including phenoxy) is 1. The number of nitrogens with zero attached hydrogens (tertiary/aromatic N) is 1. The van der Waals surface area contributed by atoms with Gasteiger partial charge in [0.25, 0.3) is 11.8 Å². The summed E-state index contributed by atoms with van der Waals surface area (Å²) in [6, 6.07) is 0. The van der Waals surface area contributed by atoms with E-state index in [0.717, 1.165) is 17.1 Å². The normalized spacial score (nSPS) is 12.8. The molecule has 0 unspecified atom stereocenters. The third kappa shape index (κ3) is 12.3. The lowest BCUT2D eigenvalue weighted by Crippen LogP contribution is -2.44. The second kappa shape index (κ2) is 14.5. The first kappa shape index (κ1) is 29.2.